The highest BCUT2D eigenvalue weighted by Gasteiger charge is 2.42. The van der Waals surface area contributed by atoms with Crippen LogP contribution in [0.15, 0.2) is 76.2 Å². The van der Waals surface area contributed by atoms with Crippen molar-refractivity contribution in [3.63, 3.8) is 0 Å². The summed E-state index contributed by atoms with van der Waals surface area (Å²) in [6.07, 6.45) is 3.69. The topological polar surface area (TPSA) is 62.1 Å². The molecule has 1 aliphatic rings. The zero-order valence-electron chi connectivity index (χ0n) is 16.8. The number of aryl methyl sites for hydroxylation is 1. The highest BCUT2D eigenvalue weighted by molar-refractivity contribution is 7.98. The number of carbonyl (C=O) groups is 1. The van der Waals surface area contributed by atoms with Gasteiger partial charge in [0.25, 0.3) is 5.91 Å². The third-order valence-corrected chi connectivity index (χ3v) is 6.27. The molecular formula is C24H21N3O2S. The largest absolute Gasteiger partial charge is 0.467 e. The van der Waals surface area contributed by atoms with E-state index in [1.807, 2.05) is 17.0 Å². The Bertz CT molecular complexity index is 1180. The normalized spacial score (nSPS) is 15.6. The fraction of sp³-hybridized carbons (Fsp3) is 0.167. The molecule has 2 aromatic carbocycles. The Labute approximate surface area is 179 Å². The highest BCUT2D eigenvalue weighted by atomic mass is 32.2. The summed E-state index contributed by atoms with van der Waals surface area (Å²) in [6, 6.07) is 20.1. The van der Waals surface area contributed by atoms with E-state index in [0.29, 0.717) is 12.2 Å². The second-order valence-corrected chi connectivity index (χ2v) is 8.29. The van der Waals surface area contributed by atoms with E-state index in [2.05, 4.69) is 71.9 Å². The molecule has 1 N–H and O–H groups in total. The van der Waals surface area contributed by atoms with Crippen LogP contribution in [0.3, 0.4) is 0 Å². The number of furan rings is 1. The Morgan fingerprint density at radius 1 is 1.10 bits per heavy atom. The van der Waals surface area contributed by atoms with Crippen LogP contribution in [-0.4, -0.2) is 27.3 Å². The van der Waals surface area contributed by atoms with Gasteiger partial charge in [-0.25, -0.2) is 0 Å². The van der Waals surface area contributed by atoms with E-state index < -0.39 is 0 Å². The number of nitrogens with zero attached hydrogens (tertiary/aromatic N) is 2. The maximum absolute atomic E-state index is 13.3. The lowest BCUT2D eigenvalue weighted by atomic mass is 9.96. The summed E-state index contributed by atoms with van der Waals surface area (Å²) >= 11 is 1.70. The van der Waals surface area contributed by atoms with Crippen molar-refractivity contribution < 1.29 is 9.21 Å². The zero-order chi connectivity index (χ0) is 20.7. The van der Waals surface area contributed by atoms with Gasteiger partial charge in [-0.3, -0.25) is 9.89 Å². The van der Waals surface area contributed by atoms with Gasteiger partial charge in [-0.15, -0.1) is 11.8 Å². The van der Waals surface area contributed by atoms with Crippen molar-refractivity contribution in [2.45, 2.75) is 24.4 Å². The van der Waals surface area contributed by atoms with Crippen molar-refractivity contribution in [1.29, 1.82) is 0 Å². The third-order valence-electron chi connectivity index (χ3n) is 5.53. The summed E-state index contributed by atoms with van der Waals surface area (Å²) in [4.78, 5) is 16.4. The lowest BCUT2D eigenvalue weighted by Gasteiger charge is -2.25. The SMILES string of the molecule is CSc1ccc(C2c3c(-c4ccc(C)cc4)n[nH]c3C(=O)N2Cc2ccco2)cc1. The average Bonchev–Trinajstić information content (AvgIpc) is 3.49. The van der Waals surface area contributed by atoms with E-state index in [4.69, 9.17) is 4.42 Å². The van der Waals surface area contributed by atoms with Crippen molar-refractivity contribution in [2.24, 2.45) is 0 Å². The molecule has 2 aromatic heterocycles. The first-order valence-electron chi connectivity index (χ1n) is 9.78. The van der Waals surface area contributed by atoms with Crippen molar-refractivity contribution in [3.8, 4) is 11.3 Å². The van der Waals surface area contributed by atoms with E-state index in [1.54, 1.807) is 18.0 Å². The maximum Gasteiger partial charge on any atom is 0.273 e. The summed E-state index contributed by atoms with van der Waals surface area (Å²) in [5.74, 6) is 0.690. The fourth-order valence-corrected chi connectivity index (χ4v) is 4.40. The molecule has 0 saturated carbocycles. The molecule has 0 saturated heterocycles. The standard InChI is InChI=1S/C24H21N3O2S/c1-15-5-7-16(8-6-15)21-20-22(26-25-21)24(28)27(14-18-4-3-13-29-18)23(20)17-9-11-19(30-2)12-10-17/h3-13,23H,14H2,1-2H3,(H,25,26). The van der Waals surface area contributed by atoms with Crippen molar-refractivity contribution in [3.05, 3.63) is 95.1 Å². The van der Waals surface area contributed by atoms with Crippen LogP contribution < -0.4 is 0 Å². The number of hydrogen-bond acceptors (Lipinski definition) is 4. The number of nitrogens with one attached hydrogen (secondary N) is 1. The predicted octanol–water partition coefficient (Wildman–Crippen LogP) is 5.45. The van der Waals surface area contributed by atoms with Crippen LogP contribution in [0.2, 0.25) is 0 Å². The number of aromatic amines is 1. The average molecular weight is 416 g/mol. The first-order chi connectivity index (χ1) is 14.7. The molecule has 6 heteroatoms. The van der Waals surface area contributed by atoms with Gasteiger partial charge in [0.2, 0.25) is 0 Å². The molecule has 5 rings (SSSR count). The summed E-state index contributed by atoms with van der Waals surface area (Å²) in [6.45, 7) is 2.46. The number of fused-ring (bicyclic) bond motifs is 1. The summed E-state index contributed by atoms with van der Waals surface area (Å²) < 4.78 is 5.54. The van der Waals surface area contributed by atoms with Gasteiger partial charge in [0.05, 0.1) is 24.5 Å². The van der Waals surface area contributed by atoms with Gasteiger partial charge >= 0.3 is 0 Å². The summed E-state index contributed by atoms with van der Waals surface area (Å²) in [7, 11) is 0. The lowest BCUT2D eigenvalue weighted by Crippen LogP contribution is -2.28. The molecule has 4 aromatic rings. The monoisotopic (exact) mass is 415 g/mol. The van der Waals surface area contributed by atoms with Gasteiger partial charge in [0, 0.05) is 16.0 Å². The van der Waals surface area contributed by atoms with Gasteiger partial charge in [-0.05, 0) is 43.0 Å². The second kappa shape index (κ2) is 7.54. The lowest BCUT2D eigenvalue weighted by molar-refractivity contribution is 0.0717. The van der Waals surface area contributed by atoms with Crippen LogP contribution in [0, 0.1) is 6.92 Å². The maximum atomic E-state index is 13.3. The number of carbonyl (C=O) groups excluding carboxylic acids is 1. The molecule has 1 amide bonds. The van der Waals surface area contributed by atoms with Crippen LogP contribution in [0.4, 0.5) is 0 Å². The minimum atomic E-state index is -0.233. The molecule has 5 nitrogen and oxygen atoms in total. The number of rotatable bonds is 5. The second-order valence-electron chi connectivity index (χ2n) is 7.42. The zero-order valence-corrected chi connectivity index (χ0v) is 17.6. The number of aromatic nitrogens is 2. The van der Waals surface area contributed by atoms with Crippen LogP contribution in [-0.2, 0) is 6.54 Å². The molecular weight excluding hydrogens is 394 g/mol. The molecule has 3 heterocycles. The molecule has 0 bridgehead atoms. The van der Waals surface area contributed by atoms with Gasteiger partial charge in [-0.2, -0.15) is 5.10 Å². The molecule has 0 radical (unpaired) electrons. The number of benzene rings is 2. The Balaban J connectivity index is 1.64. The minimum Gasteiger partial charge on any atom is -0.467 e. The predicted molar refractivity (Wildman–Crippen MR) is 117 cm³/mol. The first-order valence-corrected chi connectivity index (χ1v) is 11.0. The third kappa shape index (κ3) is 3.13. The Hall–Kier alpha value is -3.25. The van der Waals surface area contributed by atoms with Crippen molar-refractivity contribution >= 4 is 17.7 Å². The van der Waals surface area contributed by atoms with Crippen molar-refractivity contribution in [1.82, 2.24) is 15.1 Å². The summed E-state index contributed by atoms with van der Waals surface area (Å²) in [5, 5.41) is 7.53. The molecule has 1 unspecified atom stereocenters. The van der Waals surface area contributed by atoms with Gasteiger partial charge in [-0.1, -0.05) is 42.0 Å². The Morgan fingerprint density at radius 3 is 2.53 bits per heavy atom. The molecule has 150 valence electrons. The van der Waals surface area contributed by atoms with E-state index >= 15 is 0 Å². The number of hydrogen-bond donors (Lipinski definition) is 1. The van der Waals surface area contributed by atoms with E-state index in [0.717, 1.165) is 28.1 Å². The molecule has 0 fully saturated rings. The van der Waals surface area contributed by atoms with E-state index in [9.17, 15) is 4.79 Å². The fourth-order valence-electron chi connectivity index (χ4n) is 3.99. The van der Waals surface area contributed by atoms with Gasteiger partial charge in [0.15, 0.2) is 0 Å². The highest BCUT2D eigenvalue weighted by Crippen LogP contribution is 2.43. The van der Waals surface area contributed by atoms with E-state index in [1.165, 1.54) is 10.5 Å². The summed E-state index contributed by atoms with van der Waals surface area (Å²) in [5.41, 5.74) is 5.53. The first kappa shape index (κ1) is 18.8. The van der Waals surface area contributed by atoms with E-state index in [-0.39, 0.29) is 11.9 Å². The number of H-pyrrole nitrogens is 1. The van der Waals surface area contributed by atoms with Crippen LogP contribution >= 0.6 is 11.8 Å². The number of thioether (sulfide) groups is 1. The Morgan fingerprint density at radius 2 is 1.87 bits per heavy atom. The van der Waals surface area contributed by atoms with Gasteiger partial charge in [0.1, 0.15) is 11.5 Å². The smallest absolute Gasteiger partial charge is 0.273 e. The van der Waals surface area contributed by atoms with Crippen LogP contribution in [0.1, 0.15) is 39.0 Å². The number of amides is 1. The minimum absolute atomic E-state index is 0.0637. The van der Waals surface area contributed by atoms with Crippen LogP contribution in [0.5, 0.6) is 0 Å². The molecule has 30 heavy (non-hydrogen) atoms. The quantitative estimate of drug-likeness (QED) is 0.441. The molecule has 1 atom stereocenters. The van der Waals surface area contributed by atoms with Gasteiger partial charge < -0.3 is 9.32 Å². The molecule has 0 aliphatic carbocycles. The Kier molecular flexibility index (Phi) is 4.71. The van der Waals surface area contributed by atoms with Crippen molar-refractivity contribution in [2.75, 3.05) is 6.26 Å². The molecule has 0 spiro atoms. The molecule has 1 aliphatic heterocycles. The van der Waals surface area contributed by atoms with Crippen LogP contribution in [0.25, 0.3) is 11.3 Å².